The van der Waals surface area contributed by atoms with Crippen LogP contribution in [0.1, 0.15) is 11.0 Å². The van der Waals surface area contributed by atoms with Crippen molar-refractivity contribution in [3.8, 4) is 33.4 Å². The fraction of sp³-hybridized carbons (Fsp3) is 0. The lowest BCUT2D eigenvalue weighted by Gasteiger charge is -2.17. The highest BCUT2D eigenvalue weighted by atomic mass is 16.4. The molecule has 2 nitrogen and oxygen atoms in total. The Morgan fingerprint density at radius 2 is 1.00 bits per heavy atom. The summed E-state index contributed by atoms with van der Waals surface area (Å²) >= 11 is 0. The average molecular weight is 545 g/mol. The Kier molecular flexibility index (Phi) is 3.54. The summed E-state index contributed by atoms with van der Waals surface area (Å²) in [6, 6.07) is 25.3. The van der Waals surface area contributed by atoms with Crippen LogP contribution in [0.15, 0.2) is 154 Å². The molecule has 9 aromatic rings. The molecule has 0 aliphatic carbocycles. The van der Waals surface area contributed by atoms with E-state index in [4.69, 9.17) is 19.8 Å². The van der Waals surface area contributed by atoms with E-state index in [1.807, 2.05) is 54.6 Å². The van der Waals surface area contributed by atoms with Gasteiger partial charge < -0.3 is 8.83 Å². The van der Waals surface area contributed by atoms with Crippen LogP contribution < -0.4 is 0 Å². The van der Waals surface area contributed by atoms with Crippen LogP contribution in [0.3, 0.4) is 0 Å². The minimum absolute atomic E-state index is 0.156. The smallest absolute Gasteiger partial charge is 0.178 e. The predicted molar refractivity (Wildman–Crippen MR) is 175 cm³/mol. The molecule has 0 bridgehead atoms. The molecule has 2 heterocycles. The van der Waals surface area contributed by atoms with E-state index in [2.05, 4.69) is 0 Å². The van der Waals surface area contributed by atoms with Gasteiger partial charge in [0, 0.05) is 21.7 Å². The normalized spacial score (nSPS) is 14.5. The average Bonchev–Trinajstić information content (AvgIpc) is 3.75. The Morgan fingerprint density at radius 3 is 1.64 bits per heavy atom. The van der Waals surface area contributed by atoms with E-state index in [1.54, 1.807) is 42.7 Å². The fourth-order valence-electron chi connectivity index (χ4n) is 6.13. The minimum Gasteiger partial charge on any atom is -0.460 e. The molecule has 0 amide bonds. The lowest BCUT2D eigenvalue weighted by molar-refractivity contribution is 0.600. The summed E-state index contributed by atoms with van der Waals surface area (Å²) < 4.78 is 83.6. The summed E-state index contributed by atoms with van der Waals surface area (Å²) in [4.78, 5) is 0. The summed E-state index contributed by atoms with van der Waals surface area (Å²) in [5, 5.41) is 3.17. The van der Waals surface area contributed by atoms with Gasteiger partial charge in [-0.2, -0.15) is 0 Å². The van der Waals surface area contributed by atoms with E-state index in [0.717, 1.165) is 27.3 Å². The van der Waals surface area contributed by atoms with Gasteiger partial charge in [0.2, 0.25) is 0 Å². The highest BCUT2D eigenvalue weighted by molar-refractivity contribution is 6.22. The third kappa shape index (κ3) is 3.33. The van der Waals surface area contributed by atoms with Gasteiger partial charge in [-0.25, -0.2) is 0 Å². The van der Waals surface area contributed by atoms with Crippen LogP contribution >= 0.6 is 0 Å². The van der Waals surface area contributed by atoms with Gasteiger partial charge in [-0.05, 0) is 73.6 Å². The Hall–Kier alpha value is -5.60. The topological polar surface area (TPSA) is 26.3 Å². The Bertz CT molecular complexity index is 2810. The molecule has 0 radical (unpaired) electrons. The molecule has 0 saturated heterocycles. The maximum Gasteiger partial charge on any atom is 0.178 e. The van der Waals surface area contributed by atoms with Gasteiger partial charge in [0.05, 0.1) is 17.2 Å². The van der Waals surface area contributed by atoms with Crippen molar-refractivity contribution in [2.24, 2.45) is 0 Å². The van der Waals surface area contributed by atoms with Gasteiger partial charge in [0.1, 0.15) is 5.58 Å². The highest BCUT2D eigenvalue weighted by Crippen LogP contribution is 2.45. The van der Waals surface area contributed by atoms with Crippen LogP contribution in [0.25, 0.3) is 87.8 Å². The highest BCUT2D eigenvalue weighted by Gasteiger charge is 2.19. The maximum absolute atomic E-state index is 9.17. The number of benzene rings is 7. The first-order chi connectivity index (χ1) is 24.2. The summed E-state index contributed by atoms with van der Waals surface area (Å²) in [6.45, 7) is 0. The Labute approximate surface area is 253 Å². The number of rotatable bonds is 3. The van der Waals surface area contributed by atoms with E-state index in [1.165, 1.54) is 0 Å². The van der Waals surface area contributed by atoms with Crippen molar-refractivity contribution in [2.45, 2.75) is 0 Å². The lowest BCUT2D eigenvalue weighted by Crippen LogP contribution is -1.90. The van der Waals surface area contributed by atoms with Crippen LogP contribution in [0.4, 0.5) is 0 Å². The summed E-state index contributed by atoms with van der Waals surface area (Å²) in [5.74, 6) is 0. The van der Waals surface area contributed by atoms with Crippen molar-refractivity contribution in [3.05, 3.63) is 146 Å². The van der Waals surface area contributed by atoms with Crippen molar-refractivity contribution in [2.75, 3.05) is 0 Å². The van der Waals surface area contributed by atoms with Crippen LogP contribution in [0, 0.1) is 0 Å². The lowest BCUT2D eigenvalue weighted by atomic mass is 9.86. The second-order valence-corrected chi connectivity index (χ2v) is 10.3. The molecule has 0 unspecified atom stereocenters. The standard InChI is InChI=1S/C40H24O2/c1-3-11-25(12-4-1)35-24-41-39-34(35)22-21-33-28-20-19-27(23-36(28)42-40(33)39)38-31-17-9-7-15-29(31)37(26-13-5-2-6-14-26)30-16-8-10-18-32(30)38/h1-24H/i7D,8D,9D,10D,15D,16D,17D,18D. The zero-order valence-electron chi connectivity index (χ0n) is 30.1. The summed E-state index contributed by atoms with van der Waals surface area (Å²) in [7, 11) is 0. The first-order valence-corrected chi connectivity index (χ1v) is 13.6. The molecule has 0 N–H and O–H groups in total. The quantitative estimate of drug-likeness (QED) is 0.207. The monoisotopic (exact) mass is 544 g/mol. The number of hydrogen-bond donors (Lipinski definition) is 0. The molecule has 196 valence electrons. The van der Waals surface area contributed by atoms with E-state index >= 15 is 0 Å². The SMILES string of the molecule is [2H]c1c([2H])c([2H])c2c(-c3ccc4c(c3)oc3c4ccc4c(-c5ccccc5)coc43)c3c([2H])c([2H])c([2H])c([2H])c3c(-c3ccccc3)c2c1[2H]. The predicted octanol–water partition coefficient (Wildman–Crippen LogP) is 11.6. The van der Waals surface area contributed by atoms with E-state index in [0.29, 0.717) is 33.4 Å². The molecule has 2 aromatic heterocycles. The van der Waals surface area contributed by atoms with Gasteiger partial charge in [0.25, 0.3) is 0 Å². The van der Waals surface area contributed by atoms with Gasteiger partial charge >= 0.3 is 0 Å². The fourth-order valence-corrected chi connectivity index (χ4v) is 6.13. The van der Waals surface area contributed by atoms with Crippen molar-refractivity contribution in [1.82, 2.24) is 0 Å². The van der Waals surface area contributed by atoms with Crippen LogP contribution in [-0.4, -0.2) is 0 Å². The third-order valence-corrected chi connectivity index (χ3v) is 7.99. The summed E-state index contributed by atoms with van der Waals surface area (Å²) in [5.41, 5.74) is 5.19. The number of fused-ring (bicyclic) bond motifs is 7. The van der Waals surface area contributed by atoms with Crippen molar-refractivity contribution < 1.29 is 19.8 Å². The summed E-state index contributed by atoms with van der Waals surface area (Å²) in [6.07, 6.45) is 1.71. The Morgan fingerprint density at radius 1 is 0.452 bits per heavy atom. The molecule has 9 rings (SSSR count). The van der Waals surface area contributed by atoms with Gasteiger partial charge in [0.15, 0.2) is 11.2 Å². The molecule has 0 saturated carbocycles. The van der Waals surface area contributed by atoms with Crippen molar-refractivity contribution in [1.29, 1.82) is 0 Å². The zero-order chi connectivity index (χ0) is 34.6. The second kappa shape index (κ2) is 8.95. The molecule has 0 fully saturated rings. The van der Waals surface area contributed by atoms with E-state index in [-0.39, 0.29) is 51.3 Å². The Balaban J connectivity index is 1.42. The molecular formula is C40H24O2. The van der Waals surface area contributed by atoms with Crippen molar-refractivity contribution >= 4 is 54.5 Å². The minimum atomic E-state index is -0.442. The van der Waals surface area contributed by atoms with Gasteiger partial charge in [-0.15, -0.1) is 0 Å². The largest absolute Gasteiger partial charge is 0.460 e. The molecule has 0 aliphatic heterocycles. The van der Waals surface area contributed by atoms with Gasteiger partial charge in [-0.3, -0.25) is 0 Å². The first-order valence-electron chi connectivity index (χ1n) is 17.6. The molecule has 7 aromatic carbocycles. The molecule has 0 spiro atoms. The van der Waals surface area contributed by atoms with Crippen LogP contribution in [0.2, 0.25) is 0 Å². The molecule has 0 atom stereocenters. The second-order valence-electron chi connectivity index (χ2n) is 10.3. The first kappa shape index (κ1) is 16.6. The molecular weight excluding hydrogens is 512 g/mol. The zero-order valence-corrected chi connectivity index (χ0v) is 22.1. The van der Waals surface area contributed by atoms with Crippen molar-refractivity contribution in [3.63, 3.8) is 0 Å². The molecule has 2 heteroatoms. The number of furan rings is 2. The molecule has 0 aliphatic rings. The third-order valence-electron chi connectivity index (χ3n) is 7.99. The van der Waals surface area contributed by atoms with E-state index < -0.39 is 24.2 Å². The van der Waals surface area contributed by atoms with Crippen LogP contribution in [-0.2, 0) is 0 Å². The van der Waals surface area contributed by atoms with Crippen LogP contribution in [0.5, 0.6) is 0 Å². The molecule has 42 heavy (non-hydrogen) atoms. The maximum atomic E-state index is 9.17. The number of hydrogen-bond acceptors (Lipinski definition) is 2. The van der Waals surface area contributed by atoms with E-state index in [9.17, 15) is 0 Å². The van der Waals surface area contributed by atoms with Gasteiger partial charge in [-0.1, -0.05) is 115 Å².